The first-order valence-electron chi connectivity index (χ1n) is 7.15. The van der Waals surface area contributed by atoms with Gasteiger partial charge in [-0.2, -0.15) is 0 Å². The minimum atomic E-state index is -0.371. The van der Waals surface area contributed by atoms with E-state index < -0.39 is 0 Å². The number of Topliss-reactive ketones (excluding diaryl/α,β-unsaturated/α-hetero) is 1. The molecule has 0 saturated carbocycles. The Morgan fingerprint density at radius 2 is 1.58 bits per heavy atom. The molecule has 3 heteroatoms. The fourth-order valence-corrected chi connectivity index (χ4v) is 2.43. The minimum absolute atomic E-state index is 0.342. The Morgan fingerprint density at radius 1 is 1.00 bits per heavy atom. The second kappa shape index (κ2) is 6.50. The third-order valence-electron chi connectivity index (χ3n) is 3.71. The molecular formula is C16H21NO2. The number of carbonyl (C=O) groups is 2. The van der Waals surface area contributed by atoms with Gasteiger partial charge < -0.3 is 4.90 Å². The molecule has 1 aliphatic rings. The molecule has 0 atom stereocenters. The van der Waals surface area contributed by atoms with Gasteiger partial charge in [0.2, 0.25) is 5.78 Å². The maximum Gasteiger partial charge on any atom is 0.294 e. The Kier molecular flexibility index (Phi) is 4.72. The number of ketones is 1. The summed E-state index contributed by atoms with van der Waals surface area (Å²) >= 11 is 0. The highest BCUT2D eigenvalue weighted by Gasteiger charge is 2.23. The van der Waals surface area contributed by atoms with Gasteiger partial charge in [-0.3, -0.25) is 9.59 Å². The van der Waals surface area contributed by atoms with Crippen molar-refractivity contribution >= 4 is 11.7 Å². The maximum absolute atomic E-state index is 12.2. The average Bonchev–Trinajstić information content (AvgIpc) is 2.75. The zero-order valence-corrected chi connectivity index (χ0v) is 11.5. The van der Waals surface area contributed by atoms with Gasteiger partial charge in [0.05, 0.1) is 0 Å². The second-order valence-corrected chi connectivity index (χ2v) is 5.09. The van der Waals surface area contributed by atoms with E-state index in [1.807, 2.05) is 12.1 Å². The lowest BCUT2D eigenvalue weighted by molar-refractivity contribution is -0.126. The van der Waals surface area contributed by atoms with Crippen molar-refractivity contribution in [1.29, 1.82) is 0 Å². The molecule has 1 aromatic carbocycles. The predicted molar refractivity (Wildman–Crippen MR) is 75.2 cm³/mol. The van der Waals surface area contributed by atoms with Gasteiger partial charge in [-0.25, -0.2) is 0 Å². The molecule has 0 bridgehead atoms. The summed E-state index contributed by atoms with van der Waals surface area (Å²) in [6, 6.07) is 7.36. The minimum Gasteiger partial charge on any atom is -0.336 e. The first kappa shape index (κ1) is 13.8. The lowest BCUT2D eigenvalue weighted by atomic mass is 10.1. The molecule has 1 saturated heterocycles. The fourth-order valence-electron chi connectivity index (χ4n) is 2.43. The number of aryl methyl sites for hydroxylation is 1. The van der Waals surface area contributed by atoms with Crippen LogP contribution in [0.3, 0.4) is 0 Å². The number of benzene rings is 1. The standard InChI is InChI=1S/C16H21NO2/c1-2-13-7-9-14(10-8-13)15(18)16(19)17-11-5-3-4-6-12-17/h7-10H,2-6,11-12H2,1H3. The van der Waals surface area contributed by atoms with Gasteiger partial charge in [-0.05, 0) is 24.8 Å². The van der Waals surface area contributed by atoms with Gasteiger partial charge in [0.15, 0.2) is 0 Å². The molecule has 0 spiro atoms. The largest absolute Gasteiger partial charge is 0.336 e. The Morgan fingerprint density at radius 3 is 2.11 bits per heavy atom. The van der Waals surface area contributed by atoms with Gasteiger partial charge >= 0.3 is 0 Å². The number of carbonyl (C=O) groups excluding carboxylic acids is 2. The summed E-state index contributed by atoms with van der Waals surface area (Å²) < 4.78 is 0. The number of likely N-dealkylation sites (tertiary alicyclic amines) is 1. The molecule has 0 aromatic heterocycles. The van der Waals surface area contributed by atoms with Crippen LogP contribution in [-0.2, 0) is 11.2 Å². The van der Waals surface area contributed by atoms with Crippen molar-refractivity contribution < 1.29 is 9.59 Å². The Labute approximate surface area is 114 Å². The average molecular weight is 259 g/mol. The SMILES string of the molecule is CCc1ccc(C(=O)C(=O)N2CCCCCC2)cc1. The van der Waals surface area contributed by atoms with Crippen molar-refractivity contribution in [2.45, 2.75) is 39.0 Å². The van der Waals surface area contributed by atoms with Crippen LogP contribution in [0.15, 0.2) is 24.3 Å². The van der Waals surface area contributed by atoms with Crippen LogP contribution >= 0.6 is 0 Å². The monoisotopic (exact) mass is 259 g/mol. The normalized spacial score (nSPS) is 15.9. The molecule has 0 aliphatic carbocycles. The third-order valence-corrected chi connectivity index (χ3v) is 3.71. The smallest absolute Gasteiger partial charge is 0.294 e. The molecule has 0 unspecified atom stereocenters. The molecule has 19 heavy (non-hydrogen) atoms. The first-order chi connectivity index (χ1) is 9.22. The van der Waals surface area contributed by atoms with E-state index in [0.717, 1.165) is 45.2 Å². The van der Waals surface area contributed by atoms with Crippen LogP contribution in [0.25, 0.3) is 0 Å². The van der Waals surface area contributed by atoms with Crippen LogP contribution < -0.4 is 0 Å². The van der Waals surface area contributed by atoms with Crippen molar-refractivity contribution in [2.24, 2.45) is 0 Å². The topological polar surface area (TPSA) is 37.4 Å². The van der Waals surface area contributed by atoms with Gasteiger partial charge in [-0.15, -0.1) is 0 Å². The number of hydrogen-bond donors (Lipinski definition) is 0. The molecule has 1 fully saturated rings. The molecule has 1 aromatic rings. The zero-order chi connectivity index (χ0) is 13.7. The van der Waals surface area contributed by atoms with Crippen molar-refractivity contribution in [1.82, 2.24) is 4.90 Å². The van der Waals surface area contributed by atoms with Gasteiger partial charge in [0.25, 0.3) is 5.91 Å². The number of rotatable bonds is 3. The van der Waals surface area contributed by atoms with Gasteiger partial charge in [-0.1, -0.05) is 44.0 Å². The van der Waals surface area contributed by atoms with E-state index in [0.29, 0.717) is 5.56 Å². The summed E-state index contributed by atoms with van der Waals surface area (Å²) in [6.45, 7) is 3.51. The quantitative estimate of drug-likeness (QED) is 0.618. The summed E-state index contributed by atoms with van der Waals surface area (Å²) in [7, 11) is 0. The van der Waals surface area contributed by atoms with Crippen LogP contribution in [-0.4, -0.2) is 29.7 Å². The molecular weight excluding hydrogens is 238 g/mol. The van der Waals surface area contributed by atoms with Crippen LogP contribution in [0.1, 0.15) is 48.5 Å². The third kappa shape index (κ3) is 3.43. The molecule has 0 radical (unpaired) electrons. The van der Waals surface area contributed by atoms with Crippen molar-refractivity contribution in [3.63, 3.8) is 0 Å². The first-order valence-corrected chi connectivity index (χ1v) is 7.15. The highest BCUT2D eigenvalue weighted by Crippen LogP contribution is 2.12. The highest BCUT2D eigenvalue weighted by atomic mass is 16.2. The molecule has 1 aliphatic heterocycles. The van der Waals surface area contributed by atoms with E-state index >= 15 is 0 Å². The summed E-state index contributed by atoms with van der Waals surface area (Å²) in [5.74, 6) is -0.712. The number of hydrogen-bond acceptors (Lipinski definition) is 2. The van der Waals surface area contributed by atoms with Crippen LogP contribution in [0, 0.1) is 0 Å². The van der Waals surface area contributed by atoms with Crippen LogP contribution in [0.5, 0.6) is 0 Å². The molecule has 2 rings (SSSR count). The number of amides is 1. The Balaban J connectivity index is 2.06. The number of nitrogens with zero attached hydrogens (tertiary/aromatic N) is 1. The van der Waals surface area contributed by atoms with E-state index in [1.165, 1.54) is 5.56 Å². The summed E-state index contributed by atoms with van der Waals surface area (Å²) in [5, 5.41) is 0. The summed E-state index contributed by atoms with van der Waals surface area (Å²) in [4.78, 5) is 26.1. The molecule has 0 N–H and O–H groups in total. The fraction of sp³-hybridized carbons (Fsp3) is 0.500. The zero-order valence-electron chi connectivity index (χ0n) is 11.5. The van der Waals surface area contributed by atoms with Crippen LogP contribution in [0.4, 0.5) is 0 Å². The summed E-state index contributed by atoms with van der Waals surface area (Å²) in [6.07, 6.45) is 5.27. The van der Waals surface area contributed by atoms with E-state index in [-0.39, 0.29) is 11.7 Å². The van der Waals surface area contributed by atoms with E-state index in [9.17, 15) is 9.59 Å². The molecule has 1 heterocycles. The second-order valence-electron chi connectivity index (χ2n) is 5.09. The Bertz CT molecular complexity index is 442. The van der Waals surface area contributed by atoms with Gasteiger partial charge in [0.1, 0.15) is 0 Å². The Hall–Kier alpha value is -1.64. The summed E-state index contributed by atoms with van der Waals surface area (Å²) in [5.41, 5.74) is 1.69. The van der Waals surface area contributed by atoms with E-state index in [2.05, 4.69) is 6.92 Å². The molecule has 102 valence electrons. The van der Waals surface area contributed by atoms with Crippen molar-refractivity contribution in [2.75, 3.05) is 13.1 Å². The van der Waals surface area contributed by atoms with Gasteiger partial charge in [0, 0.05) is 18.7 Å². The molecule has 1 amide bonds. The highest BCUT2D eigenvalue weighted by molar-refractivity contribution is 6.42. The lowest BCUT2D eigenvalue weighted by Crippen LogP contribution is -2.37. The van der Waals surface area contributed by atoms with Crippen molar-refractivity contribution in [3.05, 3.63) is 35.4 Å². The molecule has 3 nitrogen and oxygen atoms in total. The van der Waals surface area contributed by atoms with Crippen LogP contribution in [0.2, 0.25) is 0 Å². The lowest BCUT2D eigenvalue weighted by Gasteiger charge is -2.19. The van der Waals surface area contributed by atoms with Crippen molar-refractivity contribution in [3.8, 4) is 0 Å². The van der Waals surface area contributed by atoms with E-state index in [1.54, 1.807) is 17.0 Å². The predicted octanol–water partition coefficient (Wildman–Crippen LogP) is 2.83. The van der Waals surface area contributed by atoms with E-state index in [4.69, 9.17) is 0 Å². The maximum atomic E-state index is 12.2.